The maximum Gasteiger partial charge on any atom is 0.159 e. The number of hydrogen-bond donors (Lipinski definition) is 0. The van der Waals surface area contributed by atoms with E-state index in [2.05, 4.69) is 11.0 Å². The summed E-state index contributed by atoms with van der Waals surface area (Å²) in [4.78, 5) is 15.2. The van der Waals surface area contributed by atoms with Crippen LogP contribution in [0.5, 0.6) is 0 Å². The van der Waals surface area contributed by atoms with Gasteiger partial charge in [-0.1, -0.05) is 6.42 Å². The van der Waals surface area contributed by atoms with Crippen LogP contribution in [-0.2, 0) is 0 Å². The predicted octanol–water partition coefficient (Wildman–Crippen LogP) is 1.68. The molecule has 0 aliphatic rings. The molecule has 2 aromatic rings. The highest BCUT2D eigenvalue weighted by molar-refractivity contribution is 5.97. The molecule has 0 saturated carbocycles. The number of ketones is 1. The summed E-state index contributed by atoms with van der Waals surface area (Å²) in [6.45, 7) is 1.53. The molecule has 3 heteroatoms. The van der Waals surface area contributed by atoms with Crippen molar-refractivity contribution in [2.75, 3.05) is 0 Å². The standard InChI is InChI=1S/C11H8N2O/c1-3-13-7-12-10-5-4-9(8(2)14)6-11(10)13/h1,4-7H,2H3. The number of nitrogens with zero attached hydrogens (tertiary/aromatic N) is 2. The van der Waals surface area contributed by atoms with E-state index < -0.39 is 0 Å². The molecule has 1 aromatic heterocycles. The molecule has 0 aliphatic heterocycles. The van der Waals surface area contributed by atoms with Crippen LogP contribution in [0.2, 0.25) is 0 Å². The second-order valence-corrected chi connectivity index (χ2v) is 3.00. The van der Waals surface area contributed by atoms with Crippen LogP contribution in [-0.4, -0.2) is 15.3 Å². The van der Waals surface area contributed by atoms with E-state index >= 15 is 0 Å². The third-order valence-electron chi connectivity index (χ3n) is 2.09. The lowest BCUT2D eigenvalue weighted by Crippen LogP contribution is -1.92. The number of hydrogen-bond acceptors (Lipinski definition) is 2. The third kappa shape index (κ3) is 1.17. The van der Waals surface area contributed by atoms with Gasteiger partial charge in [-0.2, -0.15) is 0 Å². The van der Waals surface area contributed by atoms with E-state index in [0.29, 0.717) is 5.56 Å². The van der Waals surface area contributed by atoms with Gasteiger partial charge in [0, 0.05) is 11.6 Å². The summed E-state index contributed by atoms with van der Waals surface area (Å²) in [6, 6.07) is 7.75. The Balaban J connectivity index is 2.75. The van der Waals surface area contributed by atoms with E-state index in [4.69, 9.17) is 6.42 Å². The molecule has 3 nitrogen and oxygen atoms in total. The first-order valence-corrected chi connectivity index (χ1v) is 4.17. The Morgan fingerprint density at radius 1 is 1.57 bits per heavy atom. The third-order valence-corrected chi connectivity index (χ3v) is 2.09. The zero-order valence-electron chi connectivity index (χ0n) is 7.69. The predicted molar refractivity (Wildman–Crippen MR) is 54.0 cm³/mol. The fourth-order valence-electron chi connectivity index (χ4n) is 1.33. The number of fused-ring (bicyclic) bond motifs is 1. The Morgan fingerprint density at radius 2 is 2.36 bits per heavy atom. The second kappa shape index (κ2) is 3.00. The lowest BCUT2D eigenvalue weighted by molar-refractivity contribution is 0.101. The van der Waals surface area contributed by atoms with E-state index in [0.717, 1.165) is 11.0 Å². The van der Waals surface area contributed by atoms with Crippen LogP contribution in [0.4, 0.5) is 0 Å². The summed E-state index contributed by atoms with van der Waals surface area (Å²) in [6.07, 6.45) is 6.84. The molecule has 0 unspecified atom stereocenters. The Hall–Kier alpha value is -2.08. The number of imidazole rings is 1. The topological polar surface area (TPSA) is 34.9 Å². The molecule has 68 valence electrons. The Labute approximate surface area is 81.4 Å². The number of rotatable bonds is 1. The molecule has 0 saturated heterocycles. The Kier molecular flexibility index (Phi) is 1.83. The van der Waals surface area contributed by atoms with Gasteiger partial charge in [0.15, 0.2) is 5.78 Å². The van der Waals surface area contributed by atoms with Crippen LogP contribution >= 0.6 is 0 Å². The molecule has 0 N–H and O–H groups in total. The van der Waals surface area contributed by atoms with Gasteiger partial charge in [0.25, 0.3) is 0 Å². The Bertz CT molecular complexity index is 546. The summed E-state index contributed by atoms with van der Waals surface area (Å²) in [5.74, 6) is 0.0247. The van der Waals surface area contributed by atoms with Crippen LogP contribution in [0.3, 0.4) is 0 Å². The van der Waals surface area contributed by atoms with Gasteiger partial charge in [-0.25, -0.2) is 4.98 Å². The van der Waals surface area contributed by atoms with Crippen LogP contribution < -0.4 is 0 Å². The molecule has 0 radical (unpaired) electrons. The molecule has 0 aliphatic carbocycles. The maximum atomic E-state index is 11.1. The van der Waals surface area contributed by atoms with Crippen LogP contribution in [0, 0.1) is 12.5 Å². The first kappa shape index (κ1) is 8.52. The minimum Gasteiger partial charge on any atom is -0.295 e. The molecule has 0 bridgehead atoms. The number of carbonyl (C=O) groups is 1. The summed E-state index contributed by atoms with van der Waals surface area (Å²) >= 11 is 0. The van der Waals surface area contributed by atoms with E-state index in [-0.39, 0.29) is 5.78 Å². The van der Waals surface area contributed by atoms with Gasteiger partial charge in [-0.3, -0.25) is 9.36 Å². The quantitative estimate of drug-likeness (QED) is 0.499. The molecule has 1 aromatic carbocycles. The molecule has 0 spiro atoms. The number of aromatic nitrogens is 2. The van der Waals surface area contributed by atoms with Crippen molar-refractivity contribution in [2.24, 2.45) is 0 Å². The molecule has 0 amide bonds. The van der Waals surface area contributed by atoms with Gasteiger partial charge < -0.3 is 0 Å². The lowest BCUT2D eigenvalue weighted by atomic mass is 10.1. The number of Topliss-reactive ketones (excluding diaryl/α,β-unsaturated/α-hetero) is 1. The molecular formula is C11H8N2O. The molecule has 1 heterocycles. The van der Waals surface area contributed by atoms with Crippen LogP contribution in [0.1, 0.15) is 17.3 Å². The van der Waals surface area contributed by atoms with Gasteiger partial charge in [0.05, 0.1) is 11.0 Å². The van der Waals surface area contributed by atoms with Crippen molar-refractivity contribution in [1.82, 2.24) is 9.55 Å². The molecule has 0 atom stereocenters. The van der Waals surface area contributed by atoms with E-state index in [1.165, 1.54) is 6.92 Å². The molecular weight excluding hydrogens is 176 g/mol. The lowest BCUT2D eigenvalue weighted by Gasteiger charge is -1.96. The number of terminal acetylenes is 1. The molecule has 14 heavy (non-hydrogen) atoms. The number of benzene rings is 1. The van der Waals surface area contributed by atoms with Crippen molar-refractivity contribution in [3.63, 3.8) is 0 Å². The zero-order chi connectivity index (χ0) is 10.1. The maximum absolute atomic E-state index is 11.1. The smallest absolute Gasteiger partial charge is 0.159 e. The van der Waals surface area contributed by atoms with Crippen molar-refractivity contribution in [2.45, 2.75) is 6.92 Å². The number of carbonyl (C=O) groups excluding carboxylic acids is 1. The fraction of sp³-hybridized carbons (Fsp3) is 0.0909. The molecule has 2 rings (SSSR count). The van der Waals surface area contributed by atoms with Gasteiger partial charge in [-0.05, 0) is 25.1 Å². The second-order valence-electron chi connectivity index (χ2n) is 3.00. The highest BCUT2D eigenvalue weighted by atomic mass is 16.1. The average molecular weight is 184 g/mol. The molecule has 0 fully saturated rings. The minimum absolute atomic E-state index is 0.0247. The monoisotopic (exact) mass is 184 g/mol. The minimum atomic E-state index is 0.0247. The van der Waals surface area contributed by atoms with Gasteiger partial charge >= 0.3 is 0 Å². The Morgan fingerprint density at radius 3 is 3.00 bits per heavy atom. The van der Waals surface area contributed by atoms with Gasteiger partial charge in [-0.15, -0.1) is 0 Å². The highest BCUT2D eigenvalue weighted by Gasteiger charge is 2.04. The first-order chi connectivity index (χ1) is 6.72. The highest BCUT2D eigenvalue weighted by Crippen LogP contribution is 2.14. The average Bonchev–Trinajstić information content (AvgIpc) is 2.59. The van der Waals surface area contributed by atoms with Crippen molar-refractivity contribution in [1.29, 1.82) is 0 Å². The van der Waals surface area contributed by atoms with E-state index in [1.54, 1.807) is 29.1 Å². The van der Waals surface area contributed by atoms with Crippen LogP contribution in [0.25, 0.3) is 11.0 Å². The summed E-state index contributed by atoms with van der Waals surface area (Å²) < 4.78 is 1.56. The summed E-state index contributed by atoms with van der Waals surface area (Å²) in [7, 11) is 0. The van der Waals surface area contributed by atoms with Gasteiger partial charge in [0.1, 0.15) is 6.33 Å². The van der Waals surface area contributed by atoms with Crippen molar-refractivity contribution >= 4 is 16.8 Å². The normalized spacial score (nSPS) is 10.0. The van der Waals surface area contributed by atoms with E-state index in [1.807, 2.05) is 0 Å². The van der Waals surface area contributed by atoms with Crippen molar-refractivity contribution in [3.8, 4) is 12.5 Å². The van der Waals surface area contributed by atoms with Crippen LogP contribution in [0.15, 0.2) is 24.5 Å². The van der Waals surface area contributed by atoms with Crippen molar-refractivity contribution < 1.29 is 4.79 Å². The SMILES string of the molecule is C#Cn1cnc2ccc(C(C)=O)cc21. The first-order valence-electron chi connectivity index (χ1n) is 4.17. The summed E-state index contributed by atoms with van der Waals surface area (Å²) in [5.41, 5.74) is 2.24. The van der Waals surface area contributed by atoms with E-state index in [9.17, 15) is 4.79 Å². The van der Waals surface area contributed by atoms with Crippen molar-refractivity contribution in [3.05, 3.63) is 30.1 Å². The summed E-state index contributed by atoms with van der Waals surface area (Å²) in [5, 5.41) is 0. The van der Waals surface area contributed by atoms with Gasteiger partial charge in [0.2, 0.25) is 0 Å². The zero-order valence-corrected chi connectivity index (χ0v) is 7.69. The largest absolute Gasteiger partial charge is 0.295 e. The fourth-order valence-corrected chi connectivity index (χ4v) is 1.33.